The van der Waals surface area contributed by atoms with E-state index in [1.165, 1.54) is 0 Å². The zero-order valence-corrected chi connectivity index (χ0v) is 11.9. The monoisotopic (exact) mass is 295 g/mol. The van der Waals surface area contributed by atoms with E-state index >= 15 is 0 Å². The summed E-state index contributed by atoms with van der Waals surface area (Å²) in [5, 5.41) is 9.92. The summed E-state index contributed by atoms with van der Waals surface area (Å²) >= 11 is 5.96. The first-order chi connectivity index (χ1) is 10.2. The molecule has 102 valence electrons. The summed E-state index contributed by atoms with van der Waals surface area (Å²) < 4.78 is 1.89. The van der Waals surface area contributed by atoms with Gasteiger partial charge in [0.2, 0.25) is 0 Å². The number of hydrogen-bond acceptors (Lipinski definition) is 4. The molecule has 0 bridgehead atoms. The second-order valence-electron chi connectivity index (χ2n) is 4.75. The first-order valence-electron chi connectivity index (χ1n) is 6.46. The maximum absolute atomic E-state index is 5.96. The van der Waals surface area contributed by atoms with Crippen molar-refractivity contribution in [3.63, 3.8) is 0 Å². The Kier molecular flexibility index (Phi) is 2.62. The predicted molar refractivity (Wildman–Crippen MR) is 81.3 cm³/mol. The molecule has 4 aromatic rings. The lowest BCUT2D eigenvalue weighted by molar-refractivity contribution is 0.988. The molecule has 0 radical (unpaired) electrons. The number of benzene rings is 1. The van der Waals surface area contributed by atoms with Crippen molar-refractivity contribution in [1.82, 2.24) is 24.6 Å². The van der Waals surface area contributed by atoms with E-state index in [1.807, 2.05) is 41.7 Å². The molecule has 0 aliphatic heterocycles. The molecule has 4 rings (SSSR count). The van der Waals surface area contributed by atoms with Crippen LogP contribution in [0.3, 0.4) is 0 Å². The van der Waals surface area contributed by atoms with E-state index in [1.54, 1.807) is 12.3 Å². The lowest BCUT2D eigenvalue weighted by Gasteiger charge is -2.04. The van der Waals surface area contributed by atoms with Crippen LogP contribution in [0.25, 0.3) is 27.9 Å². The highest BCUT2D eigenvalue weighted by atomic mass is 35.5. The van der Waals surface area contributed by atoms with Crippen molar-refractivity contribution in [3.05, 3.63) is 53.6 Å². The standard InChI is InChI=1S/C15H10ClN5/c1-9-18-13(16)8-14-19-20-15(21(9)14)11-4-5-12-10(7-11)3-2-6-17-12/h2-8H,1H3. The van der Waals surface area contributed by atoms with Crippen molar-refractivity contribution >= 4 is 28.2 Å². The lowest BCUT2D eigenvalue weighted by atomic mass is 10.1. The van der Waals surface area contributed by atoms with Gasteiger partial charge in [0.25, 0.3) is 0 Å². The molecule has 0 atom stereocenters. The highest BCUT2D eigenvalue weighted by molar-refractivity contribution is 6.29. The summed E-state index contributed by atoms with van der Waals surface area (Å²) in [5.41, 5.74) is 2.61. The number of nitrogens with zero attached hydrogens (tertiary/aromatic N) is 5. The molecule has 0 saturated carbocycles. The summed E-state index contributed by atoms with van der Waals surface area (Å²) in [7, 11) is 0. The Morgan fingerprint density at radius 1 is 1.10 bits per heavy atom. The van der Waals surface area contributed by atoms with E-state index in [2.05, 4.69) is 20.2 Å². The van der Waals surface area contributed by atoms with Gasteiger partial charge in [-0.1, -0.05) is 17.7 Å². The molecule has 21 heavy (non-hydrogen) atoms. The van der Waals surface area contributed by atoms with E-state index in [0.29, 0.717) is 10.8 Å². The number of fused-ring (bicyclic) bond motifs is 2. The fraction of sp³-hybridized carbons (Fsp3) is 0.0667. The summed E-state index contributed by atoms with van der Waals surface area (Å²) in [5.74, 6) is 1.50. The molecule has 1 aromatic carbocycles. The summed E-state index contributed by atoms with van der Waals surface area (Å²) in [6.07, 6.45) is 1.78. The van der Waals surface area contributed by atoms with Crippen LogP contribution in [-0.2, 0) is 0 Å². The lowest BCUT2D eigenvalue weighted by Crippen LogP contribution is -1.98. The van der Waals surface area contributed by atoms with E-state index in [4.69, 9.17) is 11.6 Å². The molecule has 0 amide bonds. The van der Waals surface area contributed by atoms with Gasteiger partial charge in [-0.05, 0) is 31.2 Å². The van der Waals surface area contributed by atoms with Crippen LogP contribution in [0.15, 0.2) is 42.6 Å². The van der Waals surface area contributed by atoms with Gasteiger partial charge < -0.3 is 0 Å². The Hall–Kier alpha value is -2.53. The molecule has 0 unspecified atom stereocenters. The van der Waals surface area contributed by atoms with Crippen molar-refractivity contribution in [1.29, 1.82) is 0 Å². The van der Waals surface area contributed by atoms with Gasteiger partial charge >= 0.3 is 0 Å². The molecule has 0 N–H and O–H groups in total. The molecule has 3 aromatic heterocycles. The molecule has 0 aliphatic carbocycles. The average molecular weight is 296 g/mol. The van der Waals surface area contributed by atoms with E-state index in [-0.39, 0.29) is 0 Å². The number of aromatic nitrogens is 5. The molecule has 6 heteroatoms. The smallest absolute Gasteiger partial charge is 0.169 e. The third kappa shape index (κ3) is 1.94. The van der Waals surface area contributed by atoms with Crippen molar-refractivity contribution in [2.24, 2.45) is 0 Å². The third-order valence-corrected chi connectivity index (χ3v) is 3.58. The minimum absolute atomic E-state index is 0.418. The van der Waals surface area contributed by atoms with E-state index in [0.717, 1.165) is 28.1 Å². The first kappa shape index (κ1) is 12.2. The highest BCUT2D eigenvalue weighted by Crippen LogP contribution is 2.24. The topological polar surface area (TPSA) is 56.0 Å². The molecule has 5 nitrogen and oxygen atoms in total. The van der Waals surface area contributed by atoms with Crippen LogP contribution in [0.4, 0.5) is 0 Å². The molecular weight excluding hydrogens is 286 g/mol. The van der Waals surface area contributed by atoms with Gasteiger partial charge in [0.15, 0.2) is 11.5 Å². The van der Waals surface area contributed by atoms with Crippen molar-refractivity contribution < 1.29 is 0 Å². The molecule has 0 spiro atoms. The molecular formula is C15H10ClN5. The SMILES string of the molecule is Cc1nc(Cl)cc2nnc(-c3ccc4ncccc4c3)n12. The minimum Gasteiger partial charge on any atom is -0.263 e. The second kappa shape index (κ2) is 4.49. The number of aryl methyl sites for hydroxylation is 1. The van der Waals surface area contributed by atoms with Gasteiger partial charge in [0.1, 0.15) is 11.0 Å². The van der Waals surface area contributed by atoms with Crippen LogP contribution in [0.1, 0.15) is 5.82 Å². The number of halogens is 1. The minimum atomic E-state index is 0.418. The third-order valence-electron chi connectivity index (χ3n) is 3.39. The van der Waals surface area contributed by atoms with Crippen molar-refractivity contribution in [3.8, 4) is 11.4 Å². The summed E-state index contributed by atoms with van der Waals surface area (Å²) in [6.45, 7) is 1.88. The fourth-order valence-electron chi connectivity index (χ4n) is 2.45. The van der Waals surface area contributed by atoms with Crippen LogP contribution in [0.2, 0.25) is 5.15 Å². The Labute approximate surface area is 125 Å². The predicted octanol–water partition coefficient (Wildman–Crippen LogP) is 3.30. The molecule has 0 aliphatic rings. The van der Waals surface area contributed by atoms with Crippen LogP contribution in [0.5, 0.6) is 0 Å². The summed E-state index contributed by atoms with van der Waals surface area (Å²) in [6, 6.07) is 11.7. The van der Waals surface area contributed by atoms with Crippen molar-refractivity contribution in [2.75, 3.05) is 0 Å². The van der Waals surface area contributed by atoms with Gasteiger partial charge in [0, 0.05) is 23.2 Å². The van der Waals surface area contributed by atoms with Crippen molar-refractivity contribution in [2.45, 2.75) is 6.92 Å². The maximum Gasteiger partial charge on any atom is 0.169 e. The Balaban J connectivity index is 2.00. The highest BCUT2D eigenvalue weighted by Gasteiger charge is 2.12. The van der Waals surface area contributed by atoms with Gasteiger partial charge in [-0.15, -0.1) is 10.2 Å². The Morgan fingerprint density at radius 3 is 2.90 bits per heavy atom. The van der Waals surface area contributed by atoms with Gasteiger partial charge in [-0.2, -0.15) is 0 Å². The normalized spacial score (nSPS) is 11.3. The van der Waals surface area contributed by atoms with Gasteiger partial charge in [-0.3, -0.25) is 9.38 Å². The Morgan fingerprint density at radius 2 is 2.00 bits per heavy atom. The second-order valence-corrected chi connectivity index (χ2v) is 5.14. The fourth-order valence-corrected chi connectivity index (χ4v) is 2.67. The van der Waals surface area contributed by atoms with Crippen LogP contribution < -0.4 is 0 Å². The van der Waals surface area contributed by atoms with Crippen LogP contribution >= 0.6 is 11.6 Å². The van der Waals surface area contributed by atoms with Crippen LogP contribution in [-0.4, -0.2) is 24.6 Å². The van der Waals surface area contributed by atoms with Gasteiger partial charge in [-0.25, -0.2) is 4.98 Å². The van der Waals surface area contributed by atoms with E-state index in [9.17, 15) is 0 Å². The van der Waals surface area contributed by atoms with E-state index < -0.39 is 0 Å². The first-order valence-corrected chi connectivity index (χ1v) is 6.83. The molecule has 3 heterocycles. The zero-order chi connectivity index (χ0) is 14.4. The number of rotatable bonds is 1. The molecule has 0 fully saturated rings. The average Bonchev–Trinajstić information content (AvgIpc) is 2.90. The van der Waals surface area contributed by atoms with Gasteiger partial charge in [0.05, 0.1) is 5.52 Å². The largest absolute Gasteiger partial charge is 0.263 e. The number of pyridine rings is 1. The Bertz CT molecular complexity index is 976. The maximum atomic E-state index is 5.96. The zero-order valence-electron chi connectivity index (χ0n) is 11.2. The summed E-state index contributed by atoms with van der Waals surface area (Å²) in [4.78, 5) is 8.58. The van der Waals surface area contributed by atoms with Crippen LogP contribution in [0, 0.1) is 6.92 Å². The quantitative estimate of drug-likeness (QED) is 0.506. The number of hydrogen-bond donors (Lipinski definition) is 0. The molecule has 0 saturated heterocycles.